The Bertz CT molecular complexity index is 482. The first kappa shape index (κ1) is 15.2. The number of hydrogen-bond acceptors (Lipinski definition) is 2. The Balaban J connectivity index is 1.97. The van der Waals surface area contributed by atoms with E-state index >= 15 is 0 Å². The molecular formula is C17H23FO2. The first-order valence-corrected chi connectivity index (χ1v) is 7.42. The van der Waals surface area contributed by atoms with Crippen molar-refractivity contribution in [2.45, 2.75) is 58.0 Å². The van der Waals surface area contributed by atoms with Crippen LogP contribution in [0.3, 0.4) is 0 Å². The van der Waals surface area contributed by atoms with E-state index in [0.29, 0.717) is 24.2 Å². The van der Waals surface area contributed by atoms with Gasteiger partial charge >= 0.3 is 0 Å². The Morgan fingerprint density at radius 1 is 1.35 bits per heavy atom. The number of aryl methyl sites for hydroxylation is 1. The van der Waals surface area contributed by atoms with Crippen LogP contribution in [0.15, 0.2) is 18.2 Å². The van der Waals surface area contributed by atoms with Crippen molar-refractivity contribution in [1.82, 2.24) is 0 Å². The van der Waals surface area contributed by atoms with E-state index < -0.39 is 11.4 Å². The van der Waals surface area contributed by atoms with Crippen molar-refractivity contribution < 1.29 is 14.3 Å². The molecule has 0 unspecified atom stereocenters. The molecule has 0 bridgehead atoms. The minimum atomic E-state index is -1.18. The topological polar surface area (TPSA) is 37.3 Å². The van der Waals surface area contributed by atoms with Gasteiger partial charge in [0.25, 0.3) is 0 Å². The van der Waals surface area contributed by atoms with Gasteiger partial charge < -0.3 is 5.11 Å². The highest BCUT2D eigenvalue weighted by Gasteiger charge is 2.23. The van der Waals surface area contributed by atoms with E-state index in [-0.39, 0.29) is 5.92 Å². The molecule has 0 heterocycles. The van der Waals surface area contributed by atoms with Crippen molar-refractivity contribution in [3.8, 4) is 0 Å². The van der Waals surface area contributed by atoms with Crippen molar-refractivity contribution >= 4 is 5.78 Å². The van der Waals surface area contributed by atoms with Crippen LogP contribution in [-0.4, -0.2) is 10.9 Å². The lowest BCUT2D eigenvalue weighted by molar-refractivity contribution is -0.122. The normalized spacial score (nSPS) is 16.6. The zero-order chi connectivity index (χ0) is 14.8. The van der Waals surface area contributed by atoms with Gasteiger partial charge in [0.15, 0.2) is 0 Å². The molecule has 2 nitrogen and oxygen atoms in total. The molecule has 1 fully saturated rings. The van der Waals surface area contributed by atoms with Gasteiger partial charge in [0.05, 0.1) is 5.60 Å². The summed E-state index contributed by atoms with van der Waals surface area (Å²) in [7, 11) is 0. The minimum absolute atomic E-state index is 0.232. The van der Waals surface area contributed by atoms with Gasteiger partial charge in [0.1, 0.15) is 11.6 Å². The quantitative estimate of drug-likeness (QED) is 0.890. The molecule has 1 aromatic carbocycles. The Morgan fingerprint density at radius 3 is 2.55 bits per heavy atom. The van der Waals surface area contributed by atoms with Crippen LogP contribution in [0.4, 0.5) is 4.39 Å². The van der Waals surface area contributed by atoms with Crippen LogP contribution < -0.4 is 0 Å². The van der Waals surface area contributed by atoms with Crippen LogP contribution in [0.5, 0.6) is 0 Å². The van der Waals surface area contributed by atoms with E-state index in [9.17, 15) is 14.3 Å². The maximum absolute atomic E-state index is 13.9. The predicted octanol–water partition coefficient (Wildman–Crippen LogP) is 3.75. The number of halogens is 1. The SMILES string of the molecule is CC(C)(O)c1ccc(CCC(=O)C2CCCC2)cc1F. The molecule has 0 aromatic heterocycles. The largest absolute Gasteiger partial charge is 0.386 e. The summed E-state index contributed by atoms with van der Waals surface area (Å²) in [6.45, 7) is 3.13. The third kappa shape index (κ3) is 3.66. The van der Waals surface area contributed by atoms with Crippen molar-refractivity contribution in [2.75, 3.05) is 0 Å². The summed E-state index contributed by atoms with van der Waals surface area (Å²) in [5.74, 6) is 0.147. The zero-order valence-corrected chi connectivity index (χ0v) is 12.3. The van der Waals surface area contributed by atoms with Crippen LogP contribution in [0.2, 0.25) is 0 Å². The monoisotopic (exact) mass is 278 g/mol. The average Bonchev–Trinajstić information content (AvgIpc) is 2.88. The second kappa shape index (κ2) is 6.04. The summed E-state index contributed by atoms with van der Waals surface area (Å²) in [4.78, 5) is 12.0. The Kier molecular flexibility index (Phi) is 4.59. The molecule has 1 aromatic rings. The molecule has 0 spiro atoms. The zero-order valence-electron chi connectivity index (χ0n) is 12.3. The maximum Gasteiger partial charge on any atom is 0.136 e. The highest BCUT2D eigenvalue weighted by atomic mass is 19.1. The second-order valence-electron chi connectivity index (χ2n) is 6.32. The van der Waals surface area contributed by atoms with Gasteiger partial charge in [-0.3, -0.25) is 4.79 Å². The fourth-order valence-corrected chi connectivity index (χ4v) is 2.93. The molecule has 0 atom stereocenters. The van der Waals surface area contributed by atoms with E-state index in [0.717, 1.165) is 31.2 Å². The number of carbonyl (C=O) groups is 1. The van der Waals surface area contributed by atoms with Crippen LogP contribution in [0, 0.1) is 11.7 Å². The molecule has 1 aliphatic carbocycles. The molecule has 1 saturated carbocycles. The molecule has 2 rings (SSSR count). The molecule has 20 heavy (non-hydrogen) atoms. The molecule has 110 valence electrons. The maximum atomic E-state index is 13.9. The average molecular weight is 278 g/mol. The number of carbonyl (C=O) groups excluding carboxylic acids is 1. The molecule has 1 aliphatic rings. The molecule has 0 amide bonds. The first-order chi connectivity index (χ1) is 9.38. The molecule has 3 heteroatoms. The van der Waals surface area contributed by atoms with Gasteiger partial charge in [0.2, 0.25) is 0 Å². The number of hydrogen-bond donors (Lipinski definition) is 1. The Hall–Kier alpha value is -1.22. The van der Waals surface area contributed by atoms with E-state index in [4.69, 9.17) is 0 Å². The van der Waals surface area contributed by atoms with E-state index in [1.165, 1.54) is 6.07 Å². The number of benzene rings is 1. The van der Waals surface area contributed by atoms with Gasteiger partial charge in [-0.15, -0.1) is 0 Å². The smallest absolute Gasteiger partial charge is 0.136 e. The molecular weight excluding hydrogens is 255 g/mol. The molecule has 0 radical (unpaired) electrons. The van der Waals surface area contributed by atoms with Crippen LogP contribution in [0.25, 0.3) is 0 Å². The Morgan fingerprint density at radius 2 is 2.00 bits per heavy atom. The van der Waals surface area contributed by atoms with Crippen molar-refractivity contribution in [3.05, 3.63) is 35.1 Å². The van der Waals surface area contributed by atoms with Gasteiger partial charge in [-0.25, -0.2) is 4.39 Å². The highest BCUT2D eigenvalue weighted by Crippen LogP contribution is 2.27. The molecule has 1 N–H and O–H groups in total. The minimum Gasteiger partial charge on any atom is -0.386 e. The summed E-state index contributed by atoms with van der Waals surface area (Å²) < 4.78 is 13.9. The third-order valence-electron chi connectivity index (χ3n) is 4.16. The van der Waals surface area contributed by atoms with Crippen molar-refractivity contribution in [1.29, 1.82) is 0 Å². The van der Waals surface area contributed by atoms with Gasteiger partial charge in [-0.1, -0.05) is 25.0 Å². The summed E-state index contributed by atoms with van der Waals surface area (Å²) in [6, 6.07) is 4.86. The number of rotatable bonds is 5. The lowest BCUT2D eigenvalue weighted by Gasteiger charge is -2.19. The summed E-state index contributed by atoms with van der Waals surface area (Å²) in [6.07, 6.45) is 5.43. The molecule has 0 saturated heterocycles. The van der Waals surface area contributed by atoms with Crippen molar-refractivity contribution in [3.63, 3.8) is 0 Å². The fraction of sp³-hybridized carbons (Fsp3) is 0.588. The van der Waals surface area contributed by atoms with Crippen LogP contribution in [-0.2, 0) is 16.8 Å². The standard InChI is InChI=1S/C17H23FO2/c1-17(2,20)14-9-7-12(11-15(14)18)8-10-16(19)13-5-3-4-6-13/h7,9,11,13,20H,3-6,8,10H2,1-2H3. The Labute approximate surface area is 120 Å². The fourth-order valence-electron chi connectivity index (χ4n) is 2.93. The molecule has 0 aliphatic heterocycles. The van der Waals surface area contributed by atoms with Crippen LogP contribution in [0.1, 0.15) is 57.1 Å². The predicted molar refractivity (Wildman–Crippen MR) is 76.9 cm³/mol. The van der Waals surface area contributed by atoms with Gasteiger partial charge in [-0.05, 0) is 44.7 Å². The first-order valence-electron chi connectivity index (χ1n) is 7.42. The summed E-state index contributed by atoms with van der Waals surface area (Å²) in [5, 5.41) is 9.83. The van der Waals surface area contributed by atoms with Crippen LogP contribution >= 0.6 is 0 Å². The number of aliphatic hydroxyl groups is 1. The van der Waals surface area contributed by atoms with E-state index in [1.807, 2.05) is 0 Å². The van der Waals surface area contributed by atoms with E-state index in [2.05, 4.69) is 0 Å². The van der Waals surface area contributed by atoms with Gasteiger partial charge in [0, 0.05) is 17.9 Å². The number of ketones is 1. The van der Waals surface area contributed by atoms with Gasteiger partial charge in [-0.2, -0.15) is 0 Å². The highest BCUT2D eigenvalue weighted by molar-refractivity contribution is 5.81. The van der Waals surface area contributed by atoms with Crippen molar-refractivity contribution in [2.24, 2.45) is 5.92 Å². The van der Waals surface area contributed by atoms with E-state index in [1.54, 1.807) is 26.0 Å². The summed E-state index contributed by atoms with van der Waals surface area (Å²) >= 11 is 0. The third-order valence-corrected chi connectivity index (χ3v) is 4.16. The summed E-state index contributed by atoms with van der Waals surface area (Å²) in [5.41, 5.74) is -0.0624. The second-order valence-corrected chi connectivity index (χ2v) is 6.32. The number of Topliss-reactive ketones (excluding diaryl/α,β-unsaturated/α-hetero) is 1. The lowest BCUT2D eigenvalue weighted by atomic mass is 9.93. The lowest BCUT2D eigenvalue weighted by Crippen LogP contribution is -2.17.